The molecule has 0 aliphatic carbocycles. The van der Waals surface area contributed by atoms with Gasteiger partial charge in [-0.3, -0.25) is 52.8 Å². The van der Waals surface area contributed by atoms with Crippen LogP contribution in [0.1, 0.15) is 164 Å². The number of ether oxygens (including phenoxy) is 3. The molecule has 11 atom stereocenters. The van der Waals surface area contributed by atoms with Crippen LogP contribution < -0.4 is 21.7 Å². The second-order valence-corrected chi connectivity index (χ2v) is 28.7. The number of ketones is 3. The minimum absolute atomic E-state index is 0.0127. The topological polar surface area (TPSA) is 294 Å². The van der Waals surface area contributed by atoms with Gasteiger partial charge in [-0.05, 0) is 113 Å². The van der Waals surface area contributed by atoms with Crippen molar-refractivity contribution in [3.05, 3.63) is 65.7 Å². The number of nitrogens with zero attached hydrogens (tertiary/aromatic N) is 5. The number of hydrogen-bond donors (Lipinski definition) is 4. The van der Waals surface area contributed by atoms with E-state index in [1.165, 1.54) is 14.2 Å². The Labute approximate surface area is 577 Å². The van der Waals surface area contributed by atoms with Crippen molar-refractivity contribution in [3.8, 4) is 0 Å². The number of esters is 1. The number of methoxy groups -OCH3 is 3. The molecule has 2 aromatic rings. The Morgan fingerprint density at radius 1 is 0.691 bits per heavy atom. The molecule has 0 aromatic heterocycles. The summed E-state index contributed by atoms with van der Waals surface area (Å²) in [4.78, 5) is 159. The summed E-state index contributed by atoms with van der Waals surface area (Å²) >= 11 is 0. The highest BCUT2D eigenvalue weighted by Gasteiger charge is 2.45. The van der Waals surface area contributed by atoms with Crippen LogP contribution in [-0.4, -0.2) is 201 Å². The van der Waals surface area contributed by atoms with E-state index in [0.29, 0.717) is 63.8 Å². The number of urea groups is 1. The quantitative estimate of drug-likeness (QED) is 0.0364. The van der Waals surface area contributed by atoms with Crippen molar-refractivity contribution in [1.82, 2.24) is 35.1 Å². The number of nitrogens with one attached hydrogen (secondary N) is 3. The summed E-state index contributed by atoms with van der Waals surface area (Å²) in [5.74, 6) is -6.11. The molecule has 4 rings (SSSR count). The van der Waals surface area contributed by atoms with E-state index >= 15 is 0 Å². The third-order valence-corrected chi connectivity index (χ3v) is 20.2. The molecule has 2 aliphatic rings. The van der Waals surface area contributed by atoms with Crippen LogP contribution in [-0.2, 0) is 75.1 Å². The Hall–Kier alpha value is -7.11. The van der Waals surface area contributed by atoms with Crippen molar-refractivity contribution < 1.29 is 67.0 Å². The van der Waals surface area contributed by atoms with Gasteiger partial charge in [0.2, 0.25) is 35.4 Å². The Balaban J connectivity index is 1.45. The predicted octanol–water partition coefficient (Wildman–Crippen LogP) is 7.89. The van der Waals surface area contributed by atoms with Crippen molar-refractivity contribution in [2.45, 2.75) is 202 Å². The maximum atomic E-state index is 14.7. The zero-order valence-corrected chi connectivity index (χ0v) is 61.2. The fraction of sp³-hybridized carbons (Fsp3) is 0.689. The lowest BCUT2D eigenvalue weighted by Crippen LogP contribution is -2.54. The number of amides is 8. The Kier molecular flexibility index (Phi) is 33.5. The molecule has 2 aliphatic heterocycles. The van der Waals surface area contributed by atoms with Gasteiger partial charge in [0.15, 0.2) is 11.6 Å². The maximum Gasteiger partial charge on any atom is 0.312 e. The molecule has 0 spiro atoms. The molecule has 5 N–H and O–H groups in total. The number of likely N-dealkylation sites (tertiary alicyclic amines) is 2. The fourth-order valence-electron chi connectivity index (χ4n) is 14.2. The minimum atomic E-state index is -0.960. The first-order valence-corrected chi connectivity index (χ1v) is 35.0. The molecule has 2 aromatic carbocycles. The molecular weight excluding hydrogens is 1240 g/mol. The summed E-state index contributed by atoms with van der Waals surface area (Å²) in [7, 11) is 11.6. The number of piperidine rings is 1. The number of rotatable bonds is 40. The summed E-state index contributed by atoms with van der Waals surface area (Å²) in [6.45, 7) is 20.6. The third-order valence-electron chi connectivity index (χ3n) is 20.2. The largest absolute Gasteiger partial charge is 0.469 e. The van der Waals surface area contributed by atoms with Crippen molar-refractivity contribution >= 4 is 70.5 Å². The minimum Gasteiger partial charge on any atom is -0.469 e. The molecule has 97 heavy (non-hydrogen) atoms. The van der Waals surface area contributed by atoms with Gasteiger partial charge in [-0.15, -0.1) is 0 Å². The van der Waals surface area contributed by atoms with Crippen molar-refractivity contribution in [2.75, 3.05) is 81.0 Å². The number of likely N-dealkylation sites (N-methyl/N-ethyl adjacent to an activating group) is 2. The zero-order chi connectivity index (χ0) is 72.6. The molecule has 542 valence electrons. The number of carbonyl (C=O) groups is 11. The Morgan fingerprint density at radius 3 is 1.87 bits per heavy atom. The number of nitrogens with two attached hydrogens (primary N) is 1. The first-order valence-electron chi connectivity index (χ1n) is 35.0. The number of carbonyl (C=O) groups excluding carboxylic acids is 11. The van der Waals surface area contributed by atoms with E-state index in [9.17, 15) is 52.7 Å². The standard InChI is InChI=1S/C74H117N9O14/c1-18-49(8)67(81(14)71(92)56(46(2)3)43-60(86)66(48(6)7)79(11)12)61(95-15)44-64(89)83-37-23-27-57(83)68(96-16)50(9)58(84)42-54(40-51-24-20-19-21-25-51)70(91)80(13)45-52-28-30-55(31-29-52)77-69(90)53(26-22-36-76-73(75)94)41-59(85)65(47(4)5)78-62(87)32-33-63(88)82-38-34-74(10,35-39-82)72(93)97-17/h19-21,24-25,28-31,46-50,53-54,56-57,61,65-68H,18,22-23,26-27,32-45H2,1-17H3,(H,77,90)(H,78,87)(H3,75,76,94)/t49-,50-,53+,54?,56-,57-,61+,65-,66-,67-,68+/m0/s1. The highest BCUT2D eigenvalue weighted by molar-refractivity contribution is 5.98. The normalized spacial score (nSPS) is 17.8. The second kappa shape index (κ2) is 39.5. The predicted molar refractivity (Wildman–Crippen MR) is 373 cm³/mol. The molecule has 0 bridgehead atoms. The van der Waals surface area contributed by atoms with Gasteiger partial charge < -0.3 is 55.5 Å². The van der Waals surface area contributed by atoms with Gasteiger partial charge in [0, 0.05) is 123 Å². The number of primary amides is 1. The van der Waals surface area contributed by atoms with Gasteiger partial charge in [0.05, 0.1) is 55.3 Å². The van der Waals surface area contributed by atoms with Crippen molar-refractivity contribution in [1.29, 1.82) is 0 Å². The molecule has 23 heteroatoms. The maximum absolute atomic E-state index is 14.7. The lowest BCUT2D eigenvalue weighted by Gasteiger charge is -2.41. The van der Waals surface area contributed by atoms with Gasteiger partial charge in [0.1, 0.15) is 5.78 Å². The summed E-state index contributed by atoms with van der Waals surface area (Å²) in [5, 5.41) is 8.23. The average Bonchev–Trinajstić information content (AvgIpc) is 1.80. The van der Waals surface area contributed by atoms with Crippen LogP contribution in [0, 0.1) is 52.8 Å². The van der Waals surface area contributed by atoms with E-state index in [4.69, 9.17) is 19.9 Å². The second-order valence-electron chi connectivity index (χ2n) is 28.7. The number of benzene rings is 2. The van der Waals surface area contributed by atoms with Gasteiger partial charge >= 0.3 is 12.0 Å². The molecule has 2 fully saturated rings. The monoisotopic (exact) mass is 1360 g/mol. The van der Waals surface area contributed by atoms with Crippen LogP contribution >= 0.6 is 0 Å². The molecule has 8 amide bonds. The van der Waals surface area contributed by atoms with Crippen LogP contribution in [0.4, 0.5) is 10.5 Å². The third kappa shape index (κ3) is 24.1. The fourth-order valence-corrected chi connectivity index (χ4v) is 14.2. The lowest BCUT2D eigenvalue weighted by molar-refractivity contribution is -0.156. The molecule has 0 saturated carbocycles. The van der Waals surface area contributed by atoms with Crippen molar-refractivity contribution in [3.63, 3.8) is 0 Å². The summed E-state index contributed by atoms with van der Waals surface area (Å²) in [6.07, 6.45) is 1.73. The van der Waals surface area contributed by atoms with E-state index in [0.717, 1.165) is 11.1 Å². The van der Waals surface area contributed by atoms with E-state index in [1.54, 1.807) is 85.8 Å². The Morgan fingerprint density at radius 2 is 1.32 bits per heavy atom. The number of hydrogen-bond acceptors (Lipinski definition) is 15. The van der Waals surface area contributed by atoms with Crippen LogP contribution in [0.3, 0.4) is 0 Å². The van der Waals surface area contributed by atoms with Gasteiger partial charge in [-0.2, -0.15) is 0 Å². The van der Waals surface area contributed by atoms with Gasteiger partial charge in [-0.1, -0.05) is 111 Å². The smallest absolute Gasteiger partial charge is 0.312 e. The van der Waals surface area contributed by atoms with Gasteiger partial charge in [-0.25, -0.2) is 4.79 Å². The zero-order valence-electron chi connectivity index (χ0n) is 61.2. The highest BCUT2D eigenvalue weighted by Crippen LogP contribution is 2.35. The molecule has 2 heterocycles. The van der Waals surface area contributed by atoms with Crippen LogP contribution in [0.25, 0.3) is 0 Å². The van der Waals surface area contributed by atoms with Crippen molar-refractivity contribution in [2.24, 2.45) is 58.5 Å². The summed E-state index contributed by atoms with van der Waals surface area (Å²) in [5.41, 5.74) is 6.64. The van der Waals surface area contributed by atoms with E-state index in [1.807, 2.05) is 97.8 Å². The SMILES string of the molecule is CC[C@H](C)[C@@H]([C@@H](CC(=O)N1CCC[C@H]1[C@H](OC)[C@@H](C)C(=O)CC(Cc1ccccc1)C(=O)N(C)Cc1ccc(NC(=O)[C@H](CCCNC(N)=O)CC(=O)[C@@H](NC(=O)CCC(=O)N2CCC(C)(C(=O)OC)CC2)C(C)C)cc1)OC)N(C)C(=O)[C@@H](CC(=O)[C@H](C(C)C)N(C)C)C(C)C. The number of anilines is 1. The lowest BCUT2D eigenvalue weighted by atomic mass is 9.80. The van der Waals surface area contributed by atoms with Crippen LogP contribution in [0.2, 0.25) is 0 Å². The Bertz CT molecular complexity index is 2920. The number of Topliss-reactive ketones (excluding diaryl/α,β-unsaturated/α-hetero) is 3. The first kappa shape index (κ1) is 82.3. The van der Waals surface area contributed by atoms with E-state index in [2.05, 4.69) is 16.0 Å². The molecule has 2 saturated heterocycles. The van der Waals surface area contributed by atoms with Crippen LogP contribution in [0.5, 0.6) is 0 Å². The van der Waals surface area contributed by atoms with Crippen LogP contribution in [0.15, 0.2) is 54.6 Å². The van der Waals surface area contributed by atoms with Gasteiger partial charge in [0.25, 0.3) is 0 Å². The molecule has 1 unspecified atom stereocenters. The molecule has 0 radical (unpaired) electrons. The average molecular weight is 1360 g/mol. The highest BCUT2D eigenvalue weighted by atomic mass is 16.5. The van der Waals surface area contributed by atoms with E-state index < -0.39 is 77.3 Å². The molecule has 23 nitrogen and oxygen atoms in total. The summed E-state index contributed by atoms with van der Waals surface area (Å²) in [6, 6.07) is 13.4. The molecular formula is C74H117N9O14. The first-order chi connectivity index (χ1) is 45.7. The summed E-state index contributed by atoms with van der Waals surface area (Å²) < 4.78 is 17.3. The van der Waals surface area contributed by atoms with E-state index in [-0.39, 0.29) is 141 Å².